The Kier molecular flexibility index (Phi) is 4.11. The first-order valence-corrected chi connectivity index (χ1v) is 4.93. The van der Waals surface area contributed by atoms with Gasteiger partial charge in [0.05, 0.1) is 11.5 Å². The van der Waals surface area contributed by atoms with Gasteiger partial charge in [-0.05, 0) is 18.1 Å². The molecule has 17 heavy (non-hydrogen) atoms. The summed E-state index contributed by atoms with van der Waals surface area (Å²) in [5.74, 6) is -1.97. The normalized spacial score (nSPS) is 13.4. The van der Waals surface area contributed by atoms with Crippen LogP contribution in [-0.2, 0) is 17.4 Å². The second-order valence-electron chi connectivity index (χ2n) is 3.67. The maximum Gasteiger partial charge on any atom is 0.416 e. The van der Waals surface area contributed by atoms with Gasteiger partial charge in [0.1, 0.15) is 0 Å². The monoisotopic (exact) mass is 247 g/mol. The molecule has 0 heterocycles. The molecule has 1 unspecified atom stereocenters. The van der Waals surface area contributed by atoms with Gasteiger partial charge in [0, 0.05) is 6.54 Å². The van der Waals surface area contributed by atoms with Crippen LogP contribution in [0.15, 0.2) is 24.3 Å². The third kappa shape index (κ3) is 3.74. The fourth-order valence-electron chi connectivity index (χ4n) is 1.43. The molecule has 0 fully saturated rings. The molecule has 0 saturated heterocycles. The molecule has 3 nitrogen and oxygen atoms in total. The van der Waals surface area contributed by atoms with Crippen LogP contribution in [0, 0.1) is 5.92 Å². The molecule has 6 heteroatoms. The van der Waals surface area contributed by atoms with Crippen molar-refractivity contribution < 1.29 is 23.1 Å². The van der Waals surface area contributed by atoms with Gasteiger partial charge in [0.15, 0.2) is 0 Å². The van der Waals surface area contributed by atoms with Crippen molar-refractivity contribution in [2.45, 2.75) is 12.6 Å². The molecule has 0 saturated carbocycles. The minimum atomic E-state index is -4.42. The van der Waals surface area contributed by atoms with Crippen molar-refractivity contribution in [2.24, 2.45) is 11.7 Å². The first kappa shape index (κ1) is 13.5. The van der Waals surface area contributed by atoms with E-state index in [9.17, 15) is 18.0 Å². The first-order chi connectivity index (χ1) is 7.84. The number of hydrogen-bond acceptors (Lipinski definition) is 2. The summed E-state index contributed by atoms with van der Waals surface area (Å²) >= 11 is 0. The molecular formula is C11H12F3NO2. The summed E-state index contributed by atoms with van der Waals surface area (Å²) in [6.07, 6.45) is -4.42. The summed E-state index contributed by atoms with van der Waals surface area (Å²) in [6, 6.07) is 4.61. The summed E-state index contributed by atoms with van der Waals surface area (Å²) in [7, 11) is 0. The van der Waals surface area contributed by atoms with Gasteiger partial charge in [0.2, 0.25) is 0 Å². The summed E-state index contributed by atoms with van der Waals surface area (Å²) in [5.41, 5.74) is 4.78. The highest BCUT2D eigenvalue weighted by Crippen LogP contribution is 2.29. The van der Waals surface area contributed by atoms with Gasteiger partial charge >= 0.3 is 12.1 Å². The lowest BCUT2D eigenvalue weighted by molar-refractivity contribution is -0.141. The summed E-state index contributed by atoms with van der Waals surface area (Å²) < 4.78 is 37.2. The zero-order valence-electron chi connectivity index (χ0n) is 8.87. The molecule has 0 aromatic heterocycles. The molecule has 0 aliphatic carbocycles. The molecule has 1 aromatic carbocycles. The van der Waals surface area contributed by atoms with Crippen molar-refractivity contribution in [3.05, 3.63) is 35.4 Å². The van der Waals surface area contributed by atoms with E-state index in [-0.39, 0.29) is 13.0 Å². The van der Waals surface area contributed by atoms with Crippen molar-refractivity contribution in [1.82, 2.24) is 0 Å². The highest BCUT2D eigenvalue weighted by atomic mass is 19.4. The zero-order chi connectivity index (χ0) is 13.1. The predicted molar refractivity (Wildman–Crippen MR) is 55.3 cm³/mol. The SMILES string of the molecule is NCC(Cc1cccc(C(F)(F)F)c1)C(=O)O. The molecule has 3 N–H and O–H groups in total. The lowest BCUT2D eigenvalue weighted by atomic mass is 9.98. The summed E-state index contributed by atoms with van der Waals surface area (Å²) in [5, 5.41) is 8.76. The van der Waals surface area contributed by atoms with Crippen molar-refractivity contribution in [3.63, 3.8) is 0 Å². The van der Waals surface area contributed by atoms with E-state index in [2.05, 4.69) is 0 Å². The van der Waals surface area contributed by atoms with E-state index in [0.717, 1.165) is 12.1 Å². The number of carbonyl (C=O) groups is 1. The smallest absolute Gasteiger partial charge is 0.416 e. The number of rotatable bonds is 4. The van der Waals surface area contributed by atoms with Crippen molar-refractivity contribution in [2.75, 3.05) is 6.54 Å². The minimum absolute atomic E-state index is 0.00421. The molecule has 0 aliphatic heterocycles. The van der Waals surface area contributed by atoms with E-state index in [1.54, 1.807) is 0 Å². The first-order valence-electron chi connectivity index (χ1n) is 4.93. The van der Waals surface area contributed by atoms with Gasteiger partial charge in [-0.2, -0.15) is 13.2 Å². The van der Waals surface area contributed by atoms with Crippen LogP contribution in [0.1, 0.15) is 11.1 Å². The maximum absolute atomic E-state index is 12.4. The molecule has 0 amide bonds. The number of hydrogen-bond donors (Lipinski definition) is 2. The van der Waals surface area contributed by atoms with E-state index < -0.39 is 23.6 Å². The fraction of sp³-hybridized carbons (Fsp3) is 0.364. The number of halogens is 3. The Morgan fingerprint density at radius 2 is 2.06 bits per heavy atom. The Labute approximate surface area is 96.0 Å². The highest BCUT2D eigenvalue weighted by molar-refractivity contribution is 5.70. The van der Waals surface area contributed by atoms with Crippen LogP contribution >= 0.6 is 0 Å². The van der Waals surface area contributed by atoms with Gasteiger partial charge in [-0.15, -0.1) is 0 Å². The average Bonchev–Trinajstić information content (AvgIpc) is 2.24. The molecule has 1 aromatic rings. The number of aliphatic carboxylic acids is 1. The van der Waals surface area contributed by atoms with Crippen LogP contribution in [0.25, 0.3) is 0 Å². The average molecular weight is 247 g/mol. The van der Waals surface area contributed by atoms with Crippen LogP contribution in [0.3, 0.4) is 0 Å². The van der Waals surface area contributed by atoms with E-state index in [1.807, 2.05) is 0 Å². The Balaban J connectivity index is 2.89. The second-order valence-corrected chi connectivity index (χ2v) is 3.67. The zero-order valence-corrected chi connectivity index (χ0v) is 8.87. The number of nitrogens with two attached hydrogens (primary N) is 1. The topological polar surface area (TPSA) is 63.3 Å². The van der Waals surface area contributed by atoms with Crippen LogP contribution in [0.5, 0.6) is 0 Å². The quantitative estimate of drug-likeness (QED) is 0.854. The number of alkyl halides is 3. The Bertz CT molecular complexity index is 404. The molecule has 0 radical (unpaired) electrons. The fourth-order valence-corrected chi connectivity index (χ4v) is 1.43. The van der Waals surface area contributed by atoms with E-state index >= 15 is 0 Å². The maximum atomic E-state index is 12.4. The molecule has 94 valence electrons. The third-order valence-electron chi connectivity index (χ3n) is 2.37. The Hall–Kier alpha value is -1.56. The van der Waals surface area contributed by atoms with E-state index in [0.29, 0.717) is 5.56 Å². The standard InChI is InChI=1S/C11H12F3NO2/c12-11(13,14)9-3-1-2-7(5-9)4-8(6-15)10(16)17/h1-3,5,8H,4,6,15H2,(H,16,17). The largest absolute Gasteiger partial charge is 0.481 e. The van der Waals surface area contributed by atoms with Gasteiger partial charge < -0.3 is 10.8 Å². The number of carboxylic acid groups (broad SMARTS) is 1. The van der Waals surface area contributed by atoms with Gasteiger partial charge in [0.25, 0.3) is 0 Å². The van der Waals surface area contributed by atoms with Gasteiger partial charge in [-0.1, -0.05) is 18.2 Å². The van der Waals surface area contributed by atoms with Crippen LogP contribution in [0.2, 0.25) is 0 Å². The van der Waals surface area contributed by atoms with Crippen molar-refractivity contribution in [3.8, 4) is 0 Å². The molecule has 1 atom stereocenters. The van der Waals surface area contributed by atoms with Crippen LogP contribution in [-0.4, -0.2) is 17.6 Å². The van der Waals surface area contributed by atoms with Crippen LogP contribution in [0.4, 0.5) is 13.2 Å². The Morgan fingerprint density at radius 1 is 1.41 bits per heavy atom. The number of carboxylic acids is 1. The lowest BCUT2D eigenvalue weighted by Crippen LogP contribution is -2.25. The molecule has 1 rings (SSSR count). The second kappa shape index (κ2) is 5.18. The molecule has 0 spiro atoms. The highest BCUT2D eigenvalue weighted by Gasteiger charge is 2.30. The number of benzene rings is 1. The predicted octanol–water partition coefficient (Wildman–Crippen LogP) is 1.91. The van der Waals surface area contributed by atoms with Crippen molar-refractivity contribution >= 4 is 5.97 Å². The van der Waals surface area contributed by atoms with E-state index in [4.69, 9.17) is 10.8 Å². The minimum Gasteiger partial charge on any atom is -0.481 e. The lowest BCUT2D eigenvalue weighted by Gasteiger charge is -2.12. The van der Waals surface area contributed by atoms with Gasteiger partial charge in [-0.3, -0.25) is 4.79 Å². The van der Waals surface area contributed by atoms with Crippen LogP contribution < -0.4 is 5.73 Å². The van der Waals surface area contributed by atoms with Crippen molar-refractivity contribution in [1.29, 1.82) is 0 Å². The van der Waals surface area contributed by atoms with E-state index in [1.165, 1.54) is 12.1 Å². The molecule has 0 bridgehead atoms. The van der Waals surface area contributed by atoms with Gasteiger partial charge in [-0.25, -0.2) is 0 Å². The molecule has 0 aliphatic rings. The Morgan fingerprint density at radius 3 is 2.53 bits per heavy atom. The summed E-state index contributed by atoms with van der Waals surface area (Å²) in [6.45, 7) is -0.106. The third-order valence-corrected chi connectivity index (χ3v) is 2.37. The summed E-state index contributed by atoms with van der Waals surface area (Å²) in [4.78, 5) is 10.7. The molecular weight excluding hydrogens is 235 g/mol.